The monoisotopic (exact) mass is 454 g/mol. The van der Waals surface area contributed by atoms with E-state index in [4.69, 9.17) is 12.2 Å². The Kier molecular flexibility index (Phi) is 7.50. The minimum absolute atomic E-state index is 0.0970. The molecular formula is C22H22N4O5S. The lowest BCUT2D eigenvalue weighted by molar-refractivity contribution is -0.129. The quantitative estimate of drug-likeness (QED) is 0.353. The zero-order valence-corrected chi connectivity index (χ0v) is 18.1. The molecule has 0 saturated carbocycles. The summed E-state index contributed by atoms with van der Waals surface area (Å²) in [5, 5.41) is 2.32. The largest absolute Gasteiger partial charge is 0.465 e. The van der Waals surface area contributed by atoms with Crippen molar-refractivity contribution in [3.05, 3.63) is 71.3 Å². The van der Waals surface area contributed by atoms with Crippen LogP contribution in [0, 0.1) is 5.92 Å². The predicted molar refractivity (Wildman–Crippen MR) is 119 cm³/mol. The molecule has 2 aromatic rings. The number of likely N-dealkylation sites (tertiary alicyclic amines) is 1. The Labute approximate surface area is 190 Å². The summed E-state index contributed by atoms with van der Waals surface area (Å²) in [5.74, 6) is -2.04. The fourth-order valence-corrected chi connectivity index (χ4v) is 3.35. The maximum Gasteiger partial charge on any atom is 0.337 e. The molecule has 10 heteroatoms. The molecule has 1 atom stereocenters. The number of esters is 1. The average Bonchev–Trinajstić information content (AvgIpc) is 3.17. The number of carbonyl (C=O) groups is 4. The van der Waals surface area contributed by atoms with Gasteiger partial charge in [-0.05, 0) is 42.0 Å². The summed E-state index contributed by atoms with van der Waals surface area (Å²) in [4.78, 5) is 50.0. The number of rotatable bonds is 5. The van der Waals surface area contributed by atoms with Crippen molar-refractivity contribution in [3.63, 3.8) is 0 Å². The highest BCUT2D eigenvalue weighted by Crippen LogP contribution is 2.20. The van der Waals surface area contributed by atoms with Crippen LogP contribution in [0.2, 0.25) is 0 Å². The minimum Gasteiger partial charge on any atom is -0.465 e. The molecule has 1 heterocycles. The maximum atomic E-state index is 12.4. The third-order valence-corrected chi connectivity index (χ3v) is 5.10. The van der Waals surface area contributed by atoms with Gasteiger partial charge in [0.15, 0.2) is 5.11 Å². The van der Waals surface area contributed by atoms with E-state index in [2.05, 4.69) is 20.9 Å². The van der Waals surface area contributed by atoms with Gasteiger partial charge in [-0.1, -0.05) is 30.3 Å². The van der Waals surface area contributed by atoms with Gasteiger partial charge in [0.1, 0.15) is 0 Å². The maximum absolute atomic E-state index is 12.4. The molecule has 0 aliphatic carbocycles. The van der Waals surface area contributed by atoms with E-state index in [-0.39, 0.29) is 23.0 Å². The van der Waals surface area contributed by atoms with Gasteiger partial charge in [-0.25, -0.2) is 4.79 Å². The Morgan fingerprint density at radius 2 is 1.69 bits per heavy atom. The van der Waals surface area contributed by atoms with Crippen LogP contribution in [-0.2, 0) is 20.9 Å². The van der Waals surface area contributed by atoms with E-state index < -0.39 is 23.7 Å². The highest BCUT2D eigenvalue weighted by Gasteiger charge is 2.34. The SMILES string of the molecule is COC(=O)c1ccc(C(=O)NC(=S)NNC(=O)C2CC(=O)N(Cc3ccccc3)C2)cc1. The summed E-state index contributed by atoms with van der Waals surface area (Å²) in [6.45, 7) is 0.743. The first-order chi connectivity index (χ1) is 15.4. The molecule has 1 unspecified atom stereocenters. The third-order valence-electron chi connectivity index (χ3n) is 4.90. The van der Waals surface area contributed by atoms with Gasteiger partial charge in [-0.2, -0.15) is 0 Å². The molecule has 32 heavy (non-hydrogen) atoms. The molecule has 3 amide bonds. The highest BCUT2D eigenvalue weighted by atomic mass is 32.1. The lowest BCUT2D eigenvalue weighted by Crippen LogP contribution is -2.50. The van der Waals surface area contributed by atoms with Gasteiger partial charge >= 0.3 is 5.97 Å². The van der Waals surface area contributed by atoms with Crippen LogP contribution in [0.4, 0.5) is 0 Å². The Morgan fingerprint density at radius 3 is 2.34 bits per heavy atom. The first-order valence-corrected chi connectivity index (χ1v) is 10.2. The molecule has 1 aliphatic rings. The molecule has 2 aromatic carbocycles. The fourth-order valence-electron chi connectivity index (χ4n) is 3.21. The van der Waals surface area contributed by atoms with Crippen molar-refractivity contribution in [3.8, 4) is 0 Å². The molecule has 3 N–H and O–H groups in total. The summed E-state index contributed by atoms with van der Waals surface area (Å²) in [6, 6.07) is 15.4. The molecule has 1 saturated heterocycles. The highest BCUT2D eigenvalue weighted by molar-refractivity contribution is 7.80. The molecule has 0 spiro atoms. The molecule has 0 aromatic heterocycles. The second-order valence-electron chi connectivity index (χ2n) is 7.13. The number of carbonyl (C=O) groups excluding carboxylic acids is 4. The second kappa shape index (κ2) is 10.5. The number of amides is 3. The minimum atomic E-state index is -0.525. The molecular weight excluding hydrogens is 432 g/mol. The van der Waals surface area contributed by atoms with E-state index in [9.17, 15) is 19.2 Å². The van der Waals surface area contributed by atoms with E-state index in [1.54, 1.807) is 4.90 Å². The van der Waals surface area contributed by atoms with Crippen molar-refractivity contribution in [2.75, 3.05) is 13.7 Å². The second-order valence-corrected chi connectivity index (χ2v) is 7.54. The van der Waals surface area contributed by atoms with Crippen LogP contribution >= 0.6 is 12.2 Å². The van der Waals surface area contributed by atoms with Crippen molar-refractivity contribution in [2.45, 2.75) is 13.0 Å². The lowest BCUT2D eigenvalue weighted by atomic mass is 10.1. The Hall–Kier alpha value is -3.79. The summed E-state index contributed by atoms with van der Waals surface area (Å²) < 4.78 is 4.61. The molecule has 0 bridgehead atoms. The van der Waals surface area contributed by atoms with Gasteiger partial charge in [0.05, 0.1) is 18.6 Å². The van der Waals surface area contributed by atoms with Gasteiger partial charge in [0.2, 0.25) is 11.8 Å². The van der Waals surface area contributed by atoms with Crippen LogP contribution in [0.1, 0.15) is 32.7 Å². The topological polar surface area (TPSA) is 117 Å². The van der Waals surface area contributed by atoms with Crippen LogP contribution in [0.15, 0.2) is 54.6 Å². The number of nitrogens with one attached hydrogen (secondary N) is 3. The first kappa shape index (κ1) is 22.9. The summed E-state index contributed by atoms with van der Waals surface area (Å²) in [6.07, 6.45) is 0.103. The van der Waals surface area contributed by atoms with Crippen molar-refractivity contribution in [1.82, 2.24) is 21.1 Å². The van der Waals surface area contributed by atoms with Crippen molar-refractivity contribution in [2.24, 2.45) is 5.92 Å². The number of methoxy groups -OCH3 is 1. The van der Waals surface area contributed by atoms with Gasteiger partial charge in [-0.15, -0.1) is 0 Å². The Balaban J connectivity index is 1.45. The standard InChI is InChI=1S/C22H22N4O5S/c1-31-21(30)16-9-7-15(8-10-16)19(28)23-22(32)25-24-20(29)17-11-18(27)26(13-17)12-14-5-3-2-4-6-14/h2-10,17H,11-13H2,1H3,(H,24,29)(H2,23,25,28,32). The van der Waals surface area contributed by atoms with E-state index in [1.807, 2.05) is 30.3 Å². The third kappa shape index (κ3) is 5.88. The van der Waals surface area contributed by atoms with E-state index in [0.29, 0.717) is 18.7 Å². The normalized spacial score (nSPS) is 15.1. The molecule has 1 aliphatic heterocycles. The molecule has 166 valence electrons. The Morgan fingerprint density at radius 1 is 1.03 bits per heavy atom. The van der Waals surface area contributed by atoms with Crippen LogP contribution in [0.5, 0.6) is 0 Å². The number of benzene rings is 2. The smallest absolute Gasteiger partial charge is 0.337 e. The zero-order valence-electron chi connectivity index (χ0n) is 17.3. The predicted octanol–water partition coefficient (Wildman–Crippen LogP) is 1.16. The fraction of sp³-hybridized carbons (Fsp3) is 0.227. The van der Waals surface area contributed by atoms with Crippen molar-refractivity contribution in [1.29, 1.82) is 0 Å². The number of hydrazine groups is 1. The van der Waals surface area contributed by atoms with Gasteiger partial charge < -0.3 is 9.64 Å². The molecule has 1 fully saturated rings. The first-order valence-electron chi connectivity index (χ1n) is 9.78. The van der Waals surface area contributed by atoms with Gasteiger partial charge in [0, 0.05) is 25.1 Å². The van der Waals surface area contributed by atoms with Crippen LogP contribution in [-0.4, -0.2) is 47.4 Å². The molecule has 9 nitrogen and oxygen atoms in total. The number of hydrogen-bond acceptors (Lipinski definition) is 6. The van der Waals surface area contributed by atoms with E-state index in [0.717, 1.165) is 5.56 Å². The van der Waals surface area contributed by atoms with Crippen LogP contribution in [0.25, 0.3) is 0 Å². The molecule has 0 radical (unpaired) electrons. The van der Waals surface area contributed by atoms with E-state index in [1.165, 1.54) is 31.4 Å². The van der Waals surface area contributed by atoms with Crippen molar-refractivity contribution >= 4 is 41.0 Å². The van der Waals surface area contributed by atoms with Crippen LogP contribution in [0.3, 0.4) is 0 Å². The summed E-state index contributed by atoms with van der Waals surface area (Å²) in [5.41, 5.74) is 6.48. The van der Waals surface area contributed by atoms with Crippen molar-refractivity contribution < 1.29 is 23.9 Å². The van der Waals surface area contributed by atoms with Gasteiger partial charge in [0.25, 0.3) is 5.91 Å². The number of nitrogens with zero attached hydrogens (tertiary/aromatic N) is 1. The average molecular weight is 455 g/mol. The molecule has 3 rings (SSSR count). The number of hydrogen-bond donors (Lipinski definition) is 3. The zero-order chi connectivity index (χ0) is 23.1. The van der Waals surface area contributed by atoms with Gasteiger partial charge in [-0.3, -0.25) is 30.6 Å². The number of ether oxygens (including phenoxy) is 1. The number of thiocarbonyl (C=S) groups is 1. The Bertz CT molecular complexity index is 1030. The van der Waals surface area contributed by atoms with E-state index >= 15 is 0 Å². The summed E-state index contributed by atoms with van der Waals surface area (Å²) in [7, 11) is 1.27. The lowest BCUT2D eigenvalue weighted by Gasteiger charge is -2.17. The van der Waals surface area contributed by atoms with Crippen LogP contribution < -0.4 is 16.2 Å². The summed E-state index contributed by atoms with van der Waals surface area (Å²) >= 11 is 5.03.